The van der Waals surface area contributed by atoms with Crippen molar-refractivity contribution in [2.45, 2.75) is 25.4 Å². The van der Waals surface area contributed by atoms with Crippen LogP contribution in [0.25, 0.3) is 0 Å². The molecule has 0 N–H and O–H groups in total. The summed E-state index contributed by atoms with van der Waals surface area (Å²) in [6.07, 6.45) is 4.65. The Kier molecular flexibility index (Phi) is 9.46. The molecule has 2 heterocycles. The molecule has 6 nitrogen and oxygen atoms in total. The van der Waals surface area contributed by atoms with Gasteiger partial charge in [-0.25, -0.2) is 4.79 Å². The van der Waals surface area contributed by atoms with Gasteiger partial charge in [0.15, 0.2) is 0 Å². The Morgan fingerprint density at radius 1 is 1.00 bits per heavy atom. The average Bonchev–Trinajstić information content (AvgIpc) is 3.22. The molecule has 0 radical (unpaired) electrons. The van der Waals surface area contributed by atoms with Crippen LogP contribution >= 0.6 is 12.4 Å². The molecule has 1 unspecified atom stereocenters. The number of carbonyl (C=O) groups excluding carboxylic acids is 1. The van der Waals surface area contributed by atoms with Gasteiger partial charge in [0.2, 0.25) is 0 Å². The highest BCUT2D eigenvalue weighted by Gasteiger charge is 2.31. The lowest BCUT2D eigenvalue weighted by atomic mass is 10.1. The number of anilines is 2. The third-order valence-electron chi connectivity index (χ3n) is 6.13. The lowest BCUT2D eigenvalue weighted by Gasteiger charge is -2.36. The molecule has 4 rings (SSSR count). The Bertz CT molecular complexity index is 887. The number of benzene rings is 2. The maximum Gasteiger partial charge on any atom is 0.414 e. The van der Waals surface area contributed by atoms with E-state index in [9.17, 15) is 4.79 Å². The fourth-order valence-electron chi connectivity index (χ4n) is 4.40. The van der Waals surface area contributed by atoms with Crippen molar-refractivity contribution in [3.8, 4) is 5.75 Å². The summed E-state index contributed by atoms with van der Waals surface area (Å²) in [7, 11) is 0. The molecule has 2 fully saturated rings. The molecule has 1 atom stereocenters. The van der Waals surface area contributed by atoms with Crippen LogP contribution in [0.1, 0.15) is 19.3 Å². The van der Waals surface area contributed by atoms with Gasteiger partial charge in [0.1, 0.15) is 18.5 Å². The number of carbonyl (C=O) groups is 1. The largest absolute Gasteiger partial charge is 0.487 e. The van der Waals surface area contributed by atoms with Gasteiger partial charge in [0.25, 0.3) is 0 Å². The minimum atomic E-state index is -0.227. The van der Waals surface area contributed by atoms with Gasteiger partial charge in [0, 0.05) is 31.9 Å². The first-order chi connectivity index (χ1) is 15.7. The molecule has 0 bridgehead atoms. The number of rotatable bonds is 10. The molecule has 178 valence electrons. The molecule has 2 aliphatic rings. The molecular formula is C26H34ClN3O3. The van der Waals surface area contributed by atoms with Crippen LogP contribution in [0.15, 0.2) is 67.3 Å². The number of hydrogen-bond acceptors (Lipinski definition) is 5. The standard InChI is InChI=1S/C26H33N3O3.ClH/c1-2-20-31-25-14-7-6-13-24(25)28-18-16-27(17-19-28)15-9-8-12-23-21-29(26(30)32-23)22-10-4-3-5-11-22;/h2-7,10-11,13-14,23H,1,8-9,12,15-21H2;1H. The maximum absolute atomic E-state index is 12.2. The van der Waals surface area contributed by atoms with Gasteiger partial charge in [-0.1, -0.05) is 43.0 Å². The quantitative estimate of drug-likeness (QED) is 0.361. The average molecular weight is 472 g/mol. The van der Waals surface area contributed by atoms with Crippen molar-refractivity contribution in [1.29, 1.82) is 0 Å². The highest BCUT2D eigenvalue weighted by Crippen LogP contribution is 2.29. The molecular weight excluding hydrogens is 438 g/mol. The number of amides is 1. The molecule has 0 aliphatic carbocycles. The van der Waals surface area contributed by atoms with Crippen LogP contribution in [0.2, 0.25) is 0 Å². The number of para-hydroxylation sites is 3. The number of ether oxygens (including phenoxy) is 2. The van der Waals surface area contributed by atoms with E-state index in [1.165, 1.54) is 5.69 Å². The fourth-order valence-corrected chi connectivity index (χ4v) is 4.40. The highest BCUT2D eigenvalue weighted by atomic mass is 35.5. The Labute approximate surface area is 203 Å². The monoisotopic (exact) mass is 471 g/mol. The SMILES string of the molecule is C=CCOc1ccccc1N1CCN(CCCCC2CN(c3ccccc3)C(=O)O2)CC1.Cl. The fraction of sp³-hybridized carbons (Fsp3) is 0.423. The van der Waals surface area contributed by atoms with Crippen molar-refractivity contribution in [2.75, 3.05) is 55.7 Å². The summed E-state index contributed by atoms with van der Waals surface area (Å²) in [6, 6.07) is 18.0. The van der Waals surface area contributed by atoms with Gasteiger partial charge in [-0.2, -0.15) is 0 Å². The second-order valence-corrected chi connectivity index (χ2v) is 8.34. The lowest BCUT2D eigenvalue weighted by Crippen LogP contribution is -2.46. The van der Waals surface area contributed by atoms with Gasteiger partial charge in [-0.3, -0.25) is 9.80 Å². The van der Waals surface area contributed by atoms with Gasteiger partial charge in [-0.15, -0.1) is 12.4 Å². The third kappa shape index (κ3) is 6.65. The number of cyclic esters (lactones) is 1. The van der Waals surface area contributed by atoms with E-state index < -0.39 is 0 Å². The predicted molar refractivity (Wildman–Crippen MR) is 136 cm³/mol. The van der Waals surface area contributed by atoms with E-state index in [1.807, 2.05) is 42.5 Å². The minimum Gasteiger partial charge on any atom is -0.487 e. The minimum absolute atomic E-state index is 0. The summed E-state index contributed by atoms with van der Waals surface area (Å²) in [5.74, 6) is 0.927. The van der Waals surface area contributed by atoms with Crippen molar-refractivity contribution in [3.05, 3.63) is 67.3 Å². The van der Waals surface area contributed by atoms with Crippen LogP contribution in [-0.2, 0) is 4.74 Å². The maximum atomic E-state index is 12.2. The summed E-state index contributed by atoms with van der Waals surface area (Å²) in [5, 5.41) is 0. The summed E-state index contributed by atoms with van der Waals surface area (Å²) >= 11 is 0. The van der Waals surface area contributed by atoms with E-state index in [-0.39, 0.29) is 24.6 Å². The molecule has 7 heteroatoms. The number of nitrogens with zero attached hydrogens (tertiary/aromatic N) is 3. The number of unbranched alkanes of at least 4 members (excludes halogenated alkanes) is 1. The summed E-state index contributed by atoms with van der Waals surface area (Å²) in [5.41, 5.74) is 2.08. The zero-order valence-electron chi connectivity index (χ0n) is 19.1. The highest BCUT2D eigenvalue weighted by molar-refractivity contribution is 5.89. The predicted octanol–water partition coefficient (Wildman–Crippen LogP) is 4.99. The molecule has 2 aromatic carbocycles. The van der Waals surface area contributed by atoms with Crippen LogP contribution in [0.5, 0.6) is 5.75 Å². The number of hydrogen-bond donors (Lipinski definition) is 0. The van der Waals surface area contributed by atoms with Crippen molar-refractivity contribution in [3.63, 3.8) is 0 Å². The molecule has 0 spiro atoms. The normalized spacial score (nSPS) is 18.5. The van der Waals surface area contributed by atoms with Crippen LogP contribution in [0.4, 0.5) is 16.2 Å². The molecule has 2 aliphatic heterocycles. The first-order valence-corrected chi connectivity index (χ1v) is 11.6. The Morgan fingerprint density at radius 2 is 1.73 bits per heavy atom. The van der Waals surface area contributed by atoms with E-state index in [0.717, 1.165) is 63.4 Å². The van der Waals surface area contributed by atoms with Crippen LogP contribution < -0.4 is 14.5 Å². The molecule has 0 saturated carbocycles. The zero-order chi connectivity index (χ0) is 22.2. The Balaban J connectivity index is 0.00000306. The topological polar surface area (TPSA) is 45.2 Å². The molecule has 2 saturated heterocycles. The first kappa shape index (κ1) is 24.9. The Morgan fingerprint density at radius 3 is 2.48 bits per heavy atom. The third-order valence-corrected chi connectivity index (χ3v) is 6.13. The number of halogens is 1. The van der Waals surface area contributed by atoms with E-state index >= 15 is 0 Å². The summed E-state index contributed by atoms with van der Waals surface area (Å²) in [4.78, 5) is 18.8. The van der Waals surface area contributed by atoms with Crippen molar-refractivity contribution in [2.24, 2.45) is 0 Å². The second-order valence-electron chi connectivity index (χ2n) is 8.34. The smallest absolute Gasteiger partial charge is 0.414 e. The van der Waals surface area contributed by atoms with E-state index in [4.69, 9.17) is 9.47 Å². The van der Waals surface area contributed by atoms with Crippen LogP contribution in [0.3, 0.4) is 0 Å². The van der Waals surface area contributed by atoms with E-state index in [0.29, 0.717) is 13.2 Å². The molecule has 2 aromatic rings. The lowest BCUT2D eigenvalue weighted by molar-refractivity contribution is 0.134. The van der Waals surface area contributed by atoms with E-state index in [1.54, 1.807) is 11.0 Å². The molecule has 1 amide bonds. The van der Waals surface area contributed by atoms with Gasteiger partial charge in [-0.05, 0) is 50.1 Å². The van der Waals surface area contributed by atoms with Crippen molar-refractivity contribution in [1.82, 2.24) is 4.90 Å². The molecule has 33 heavy (non-hydrogen) atoms. The zero-order valence-corrected chi connectivity index (χ0v) is 19.9. The van der Waals surface area contributed by atoms with Crippen molar-refractivity contribution < 1.29 is 14.3 Å². The van der Waals surface area contributed by atoms with Gasteiger partial charge in [0.05, 0.1) is 12.2 Å². The Hall–Kier alpha value is -2.70. The van der Waals surface area contributed by atoms with E-state index in [2.05, 4.69) is 28.5 Å². The van der Waals surface area contributed by atoms with Gasteiger partial charge >= 0.3 is 6.09 Å². The number of piperazine rings is 1. The summed E-state index contributed by atoms with van der Waals surface area (Å²) < 4.78 is 11.4. The van der Waals surface area contributed by atoms with Crippen molar-refractivity contribution >= 4 is 29.9 Å². The summed E-state index contributed by atoms with van der Waals surface area (Å²) in [6.45, 7) is 10.1. The first-order valence-electron chi connectivity index (χ1n) is 11.6. The molecule has 0 aromatic heterocycles. The second kappa shape index (κ2) is 12.5. The van der Waals surface area contributed by atoms with Gasteiger partial charge < -0.3 is 14.4 Å². The van der Waals surface area contributed by atoms with Crippen LogP contribution in [0, 0.1) is 0 Å². The van der Waals surface area contributed by atoms with Crippen LogP contribution in [-0.4, -0.2) is 63.0 Å².